The van der Waals surface area contributed by atoms with Crippen LogP contribution >= 0.6 is 0 Å². The first kappa shape index (κ1) is 13.8. The van der Waals surface area contributed by atoms with Gasteiger partial charge in [0.05, 0.1) is 0 Å². The molecule has 0 saturated carbocycles. The highest BCUT2D eigenvalue weighted by Gasteiger charge is 2.30. The van der Waals surface area contributed by atoms with E-state index in [1.54, 1.807) is 7.05 Å². The Balaban J connectivity index is 2.63. The lowest BCUT2D eigenvalue weighted by Crippen LogP contribution is -2.48. The van der Waals surface area contributed by atoms with Gasteiger partial charge in [-0.3, -0.25) is 9.69 Å². The van der Waals surface area contributed by atoms with E-state index in [-0.39, 0.29) is 5.91 Å². The maximum Gasteiger partial charge on any atom is 0.410 e. The predicted molar refractivity (Wildman–Crippen MR) is 64.6 cm³/mol. The summed E-state index contributed by atoms with van der Waals surface area (Å²) in [6, 6.07) is -0.410. The molecule has 1 fully saturated rings. The van der Waals surface area contributed by atoms with Gasteiger partial charge in [-0.15, -0.1) is 0 Å². The van der Waals surface area contributed by atoms with Gasteiger partial charge in [0.2, 0.25) is 5.91 Å². The number of carbonyl (C=O) groups is 2. The molecule has 1 N–H and O–H groups in total. The van der Waals surface area contributed by atoms with Crippen LogP contribution in [0.2, 0.25) is 0 Å². The number of ether oxygens (including phenoxy) is 1. The van der Waals surface area contributed by atoms with E-state index < -0.39 is 17.7 Å². The van der Waals surface area contributed by atoms with Crippen molar-refractivity contribution in [3.63, 3.8) is 0 Å². The fraction of sp³-hybridized carbons (Fsp3) is 0.833. The van der Waals surface area contributed by atoms with E-state index in [1.807, 2.05) is 20.8 Å². The maximum absolute atomic E-state index is 11.8. The van der Waals surface area contributed by atoms with E-state index in [0.29, 0.717) is 13.0 Å². The molecule has 0 aliphatic carbocycles. The highest BCUT2D eigenvalue weighted by atomic mass is 16.6. The first-order valence-corrected chi connectivity index (χ1v) is 6.05. The lowest BCUT2D eigenvalue weighted by molar-refractivity contribution is -0.125. The Morgan fingerprint density at radius 2 is 2.06 bits per heavy atom. The van der Waals surface area contributed by atoms with Crippen molar-refractivity contribution >= 4 is 12.0 Å². The summed E-state index contributed by atoms with van der Waals surface area (Å²) in [5.41, 5.74) is -0.535. The third-order valence-corrected chi connectivity index (χ3v) is 2.66. The van der Waals surface area contributed by atoms with Crippen molar-refractivity contribution < 1.29 is 14.3 Å². The molecule has 0 unspecified atom stereocenters. The van der Waals surface area contributed by atoms with E-state index in [9.17, 15) is 9.59 Å². The van der Waals surface area contributed by atoms with Gasteiger partial charge in [-0.1, -0.05) is 0 Å². The zero-order valence-electron chi connectivity index (χ0n) is 11.1. The van der Waals surface area contributed by atoms with Crippen LogP contribution in [-0.2, 0) is 9.53 Å². The molecule has 0 aromatic carbocycles. The zero-order valence-corrected chi connectivity index (χ0v) is 11.1. The molecule has 98 valence electrons. The molecule has 0 aromatic heterocycles. The fourth-order valence-electron chi connectivity index (χ4n) is 1.75. The number of hydrogen-bond donors (Lipinski definition) is 1. The molecular formula is C12H22N2O3. The van der Waals surface area contributed by atoms with Crippen LogP contribution < -0.4 is 5.32 Å². The number of amides is 2. The van der Waals surface area contributed by atoms with Crippen molar-refractivity contribution in [2.45, 2.75) is 51.7 Å². The molecule has 0 radical (unpaired) electrons. The van der Waals surface area contributed by atoms with Gasteiger partial charge < -0.3 is 10.1 Å². The molecule has 1 saturated heterocycles. The minimum absolute atomic E-state index is 0.0872. The van der Waals surface area contributed by atoms with E-state index in [2.05, 4.69) is 5.32 Å². The standard InChI is InChI=1S/C12H22N2O3/c1-12(2,3)17-11(16)14(4)9-7-5-6-8-13-10(9)15/h9H,5-8H2,1-4H3,(H,13,15)/t9-/m0/s1. The Morgan fingerprint density at radius 1 is 1.41 bits per heavy atom. The van der Waals surface area contributed by atoms with E-state index in [0.717, 1.165) is 12.8 Å². The number of hydrogen-bond acceptors (Lipinski definition) is 3. The van der Waals surface area contributed by atoms with Gasteiger partial charge in [-0.05, 0) is 40.0 Å². The van der Waals surface area contributed by atoms with Crippen molar-refractivity contribution in [3.8, 4) is 0 Å². The van der Waals surface area contributed by atoms with E-state index in [1.165, 1.54) is 4.90 Å². The van der Waals surface area contributed by atoms with Crippen LogP contribution in [0, 0.1) is 0 Å². The van der Waals surface area contributed by atoms with Gasteiger partial charge >= 0.3 is 6.09 Å². The number of likely N-dealkylation sites (N-methyl/N-ethyl adjacent to an activating group) is 1. The summed E-state index contributed by atoms with van der Waals surface area (Å²) in [7, 11) is 1.61. The Bertz CT molecular complexity index is 297. The molecule has 1 aliphatic rings. The average molecular weight is 242 g/mol. The van der Waals surface area contributed by atoms with Crippen molar-refractivity contribution in [2.75, 3.05) is 13.6 Å². The molecule has 1 atom stereocenters. The minimum Gasteiger partial charge on any atom is -0.444 e. The fourth-order valence-corrected chi connectivity index (χ4v) is 1.75. The maximum atomic E-state index is 11.8. The molecule has 5 heteroatoms. The average Bonchev–Trinajstić information content (AvgIpc) is 2.39. The Labute approximate surface area is 102 Å². The molecule has 17 heavy (non-hydrogen) atoms. The smallest absolute Gasteiger partial charge is 0.410 e. The van der Waals surface area contributed by atoms with Crippen molar-refractivity contribution in [3.05, 3.63) is 0 Å². The second-order valence-electron chi connectivity index (χ2n) is 5.39. The Kier molecular flexibility index (Phi) is 4.37. The van der Waals surface area contributed by atoms with E-state index in [4.69, 9.17) is 4.74 Å². The van der Waals surface area contributed by atoms with Crippen LogP contribution in [0.5, 0.6) is 0 Å². The highest BCUT2D eigenvalue weighted by Crippen LogP contribution is 2.15. The molecule has 0 bridgehead atoms. The topological polar surface area (TPSA) is 58.6 Å². The van der Waals surface area contributed by atoms with Crippen LogP contribution in [0.3, 0.4) is 0 Å². The van der Waals surface area contributed by atoms with Crippen LogP contribution in [-0.4, -0.2) is 42.1 Å². The van der Waals surface area contributed by atoms with E-state index >= 15 is 0 Å². The normalized spacial score (nSPS) is 21.4. The monoisotopic (exact) mass is 242 g/mol. The lowest BCUT2D eigenvalue weighted by Gasteiger charge is -2.29. The summed E-state index contributed by atoms with van der Waals surface area (Å²) in [6.45, 7) is 6.13. The summed E-state index contributed by atoms with van der Waals surface area (Å²) >= 11 is 0. The molecule has 1 rings (SSSR count). The second kappa shape index (κ2) is 5.38. The molecule has 0 aromatic rings. The minimum atomic E-state index is -0.535. The van der Waals surface area contributed by atoms with Gasteiger partial charge in [-0.2, -0.15) is 0 Å². The largest absolute Gasteiger partial charge is 0.444 e. The van der Waals surface area contributed by atoms with Crippen molar-refractivity contribution in [1.29, 1.82) is 0 Å². The van der Waals surface area contributed by atoms with Crippen LogP contribution in [0.4, 0.5) is 4.79 Å². The molecule has 5 nitrogen and oxygen atoms in total. The van der Waals surface area contributed by atoms with Crippen molar-refractivity contribution in [1.82, 2.24) is 10.2 Å². The van der Waals surface area contributed by atoms with Gasteiger partial charge in [0, 0.05) is 13.6 Å². The number of carbonyl (C=O) groups excluding carboxylic acids is 2. The number of nitrogens with one attached hydrogen (secondary N) is 1. The lowest BCUT2D eigenvalue weighted by atomic mass is 10.1. The Morgan fingerprint density at radius 3 is 2.65 bits per heavy atom. The van der Waals surface area contributed by atoms with Gasteiger partial charge in [0.1, 0.15) is 11.6 Å². The SMILES string of the molecule is CN(C(=O)OC(C)(C)C)[C@H]1CCCCNC1=O. The second-order valence-corrected chi connectivity index (χ2v) is 5.39. The summed E-state index contributed by atoms with van der Waals surface area (Å²) in [5, 5.41) is 2.80. The number of rotatable bonds is 1. The third kappa shape index (κ3) is 4.24. The van der Waals surface area contributed by atoms with Crippen LogP contribution in [0.1, 0.15) is 40.0 Å². The predicted octanol–water partition coefficient (Wildman–Crippen LogP) is 1.52. The van der Waals surface area contributed by atoms with Crippen LogP contribution in [0.15, 0.2) is 0 Å². The highest BCUT2D eigenvalue weighted by molar-refractivity contribution is 5.85. The molecule has 1 aliphatic heterocycles. The first-order valence-electron chi connectivity index (χ1n) is 6.05. The van der Waals surface area contributed by atoms with Crippen LogP contribution in [0.25, 0.3) is 0 Å². The summed E-state index contributed by atoms with van der Waals surface area (Å²) in [5.74, 6) is -0.0872. The molecular weight excluding hydrogens is 220 g/mol. The summed E-state index contributed by atoms with van der Waals surface area (Å²) < 4.78 is 5.25. The molecule has 2 amide bonds. The zero-order chi connectivity index (χ0) is 13.1. The third-order valence-electron chi connectivity index (χ3n) is 2.66. The summed E-state index contributed by atoms with van der Waals surface area (Å²) in [4.78, 5) is 25.0. The Hall–Kier alpha value is -1.26. The van der Waals surface area contributed by atoms with Gasteiger partial charge in [0.25, 0.3) is 0 Å². The molecule has 0 spiro atoms. The van der Waals surface area contributed by atoms with Gasteiger partial charge in [-0.25, -0.2) is 4.79 Å². The quantitative estimate of drug-likeness (QED) is 0.758. The van der Waals surface area contributed by atoms with Crippen molar-refractivity contribution in [2.24, 2.45) is 0 Å². The van der Waals surface area contributed by atoms with Gasteiger partial charge in [0.15, 0.2) is 0 Å². The summed E-state index contributed by atoms with van der Waals surface area (Å²) in [6.07, 6.45) is 2.15. The first-order chi connectivity index (χ1) is 7.81. The molecule has 1 heterocycles. The number of nitrogens with zero attached hydrogens (tertiary/aromatic N) is 1.